The summed E-state index contributed by atoms with van der Waals surface area (Å²) in [5.74, 6) is -0.424. The highest BCUT2D eigenvalue weighted by molar-refractivity contribution is 6.31. The molecule has 2 N–H and O–H groups in total. The molecule has 2 amide bonds. The summed E-state index contributed by atoms with van der Waals surface area (Å²) in [6.07, 6.45) is 3.14. The van der Waals surface area contributed by atoms with E-state index in [9.17, 15) is 9.59 Å². The van der Waals surface area contributed by atoms with Crippen LogP contribution in [0.25, 0.3) is 0 Å². The first-order valence-electron chi connectivity index (χ1n) is 10.8. The average Bonchev–Trinajstić information content (AvgIpc) is 3.12. The van der Waals surface area contributed by atoms with Crippen LogP contribution in [-0.4, -0.2) is 26.6 Å². The van der Waals surface area contributed by atoms with Crippen molar-refractivity contribution in [3.63, 3.8) is 0 Å². The normalized spacial score (nSPS) is 10.7. The number of nitrogens with zero attached hydrogens (tertiary/aromatic N) is 3. The number of halogens is 1. The van der Waals surface area contributed by atoms with E-state index in [-0.39, 0.29) is 11.8 Å². The molecule has 2 aromatic heterocycles. The highest BCUT2D eigenvalue weighted by Crippen LogP contribution is 2.20. The number of aromatic nitrogens is 3. The zero-order valence-electron chi connectivity index (χ0n) is 18.9. The highest BCUT2D eigenvalue weighted by Gasteiger charge is 2.19. The van der Waals surface area contributed by atoms with Gasteiger partial charge in [0.05, 0.1) is 17.8 Å². The number of carbonyl (C=O) groups excluding carboxylic acids is 2. The molecule has 0 bridgehead atoms. The second-order valence-corrected chi connectivity index (χ2v) is 8.28. The molecule has 0 atom stereocenters. The second kappa shape index (κ2) is 10.3. The van der Waals surface area contributed by atoms with Gasteiger partial charge in [0.25, 0.3) is 11.8 Å². The lowest BCUT2D eigenvalue weighted by molar-refractivity contribution is 0.0948. The zero-order valence-corrected chi connectivity index (χ0v) is 19.6. The number of amides is 2. The van der Waals surface area contributed by atoms with Gasteiger partial charge in [-0.25, -0.2) is 0 Å². The SMILES string of the molecule is Cc1nn(Cc2ccccc2Cl)c(C)c1C(=O)NCc1cccc(NC(=O)c2ccncc2)c1. The van der Waals surface area contributed by atoms with E-state index in [1.165, 1.54) is 0 Å². The maximum absolute atomic E-state index is 13.0. The lowest BCUT2D eigenvalue weighted by atomic mass is 10.1. The molecule has 0 fully saturated rings. The summed E-state index contributed by atoms with van der Waals surface area (Å²) in [7, 11) is 0. The van der Waals surface area contributed by atoms with E-state index in [4.69, 9.17) is 11.6 Å². The van der Waals surface area contributed by atoms with Crippen LogP contribution in [0.5, 0.6) is 0 Å². The van der Waals surface area contributed by atoms with E-state index >= 15 is 0 Å². The van der Waals surface area contributed by atoms with Crippen molar-refractivity contribution < 1.29 is 9.59 Å². The molecule has 0 aliphatic rings. The molecule has 0 aliphatic heterocycles. The van der Waals surface area contributed by atoms with Crippen molar-refractivity contribution in [2.24, 2.45) is 0 Å². The largest absolute Gasteiger partial charge is 0.348 e. The average molecular weight is 474 g/mol. The second-order valence-electron chi connectivity index (χ2n) is 7.87. The number of pyridine rings is 1. The number of aryl methyl sites for hydroxylation is 1. The van der Waals surface area contributed by atoms with E-state index in [0.29, 0.717) is 40.6 Å². The smallest absolute Gasteiger partial charge is 0.255 e. The summed E-state index contributed by atoms with van der Waals surface area (Å²) in [5, 5.41) is 11.0. The minimum absolute atomic E-state index is 0.202. The first kappa shape index (κ1) is 23.2. The number of hydrogen-bond acceptors (Lipinski definition) is 4. The number of nitrogens with one attached hydrogen (secondary N) is 2. The minimum atomic E-state index is -0.222. The molecule has 0 unspecified atom stereocenters. The highest BCUT2D eigenvalue weighted by atomic mass is 35.5. The Morgan fingerprint density at radius 1 is 0.971 bits per heavy atom. The molecule has 0 spiro atoms. The van der Waals surface area contributed by atoms with Crippen LogP contribution < -0.4 is 10.6 Å². The quantitative estimate of drug-likeness (QED) is 0.404. The van der Waals surface area contributed by atoms with Crippen molar-refractivity contribution in [1.82, 2.24) is 20.1 Å². The fourth-order valence-corrected chi connectivity index (χ4v) is 3.90. The van der Waals surface area contributed by atoms with Crippen LogP contribution in [0.1, 0.15) is 43.2 Å². The maximum Gasteiger partial charge on any atom is 0.255 e. The van der Waals surface area contributed by atoms with Crippen molar-refractivity contribution in [3.8, 4) is 0 Å². The molecule has 0 saturated heterocycles. The van der Waals surface area contributed by atoms with Gasteiger partial charge in [-0.1, -0.05) is 41.9 Å². The van der Waals surface area contributed by atoms with Gasteiger partial charge in [-0.05, 0) is 55.3 Å². The van der Waals surface area contributed by atoms with Crippen molar-refractivity contribution in [2.45, 2.75) is 26.9 Å². The first-order chi connectivity index (χ1) is 16.4. The molecule has 2 heterocycles. The Hall–Kier alpha value is -3.97. The van der Waals surface area contributed by atoms with Gasteiger partial charge >= 0.3 is 0 Å². The Labute approximate surface area is 202 Å². The molecule has 0 radical (unpaired) electrons. The Morgan fingerprint density at radius 2 is 1.74 bits per heavy atom. The third kappa shape index (κ3) is 5.32. The number of anilines is 1. The predicted octanol–water partition coefficient (Wildman–Crippen LogP) is 4.78. The molecule has 2 aromatic carbocycles. The van der Waals surface area contributed by atoms with Gasteiger partial charge in [-0.15, -0.1) is 0 Å². The molecular weight excluding hydrogens is 450 g/mol. The molecular formula is C26H24ClN5O2. The van der Waals surface area contributed by atoms with Crippen LogP contribution in [0.3, 0.4) is 0 Å². The fourth-order valence-electron chi connectivity index (χ4n) is 3.70. The molecule has 4 rings (SSSR count). The van der Waals surface area contributed by atoms with E-state index in [2.05, 4.69) is 20.7 Å². The Morgan fingerprint density at radius 3 is 2.50 bits per heavy atom. The Kier molecular flexibility index (Phi) is 7.04. The lowest BCUT2D eigenvalue weighted by Gasteiger charge is -2.10. The fraction of sp³-hybridized carbons (Fsp3) is 0.154. The topological polar surface area (TPSA) is 88.9 Å². The number of carbonyl (C=O) groups is 2. The van der Waals surface area contributed by atoms with Gasteiger partial charge in [-0.3, -0.25) is 19.3 Å². The summed E-state index contributed by atoms with van der Waals surface area (Å²) in [4.78, 5) is 29.3. The molecule has 8 heteroatoms. The molecule has 34 heavy (non-hydrogen) atoms. The van der Waals surface area contributed by atoms with Gasteiger partial charge in [0.2, 0.25) is 0 Å². The summed E-state index contributed by atoms with van der Waals surface area (Å²) >= 11 is 6.28. The molecule has 172 valence electrons. The maximum atomic E-state index is 13.0. The van der Waals surface area contributed by atoms with Crippen molar-refractivity contribution in [1.29, 1.82) is 0 Å². The van der Waals surface area contributed by atoms with Crippen LogP contribution in [0.4, 0.5) is 5.69 Å². The van der Waals surface area contributed by atoms with Crippen LogP contribution in [0.2, 0.25) is 5.02 Å². The predicted molar refractivity (Wildman–Crippen MR) is 132 cm³/mol. The summed E-state index contributed by atoms with van der Waals surface area (Å²) < 4.78 is 1.79. The van der Waals surface area contributed by atoms with Crippen molar-refractivity contribution in [3.05, 3.63) is 112 Å². The third-order valence-electron chi connectivity index (χ3n) is 5.47. The molecule has 7 nitrogen and oxygen atoms in total. The van der Waals surface area contributed by atoms with E-state index in [1.807, 2.05) is 56.3 Å². The van der Waals surface area contributed by atoms with Gasteiger partial charge in [0.1, 0.15) is 0 Å². The van der Waals surface area contributed by atoms with Gasteiger partial charge in [0, 0.05) is 40.9 Å². The van der Waals surface area contributed by atoms with Crippen LogP contribution in [-0.2, 0) is 13.1 Å². The van der Waals surface area contributed by atoms with Crippen LogP contribution >= 0.6 is 11.6 Å². The molecule has 0 saturated carbocycles. The van der Waals surface area contributed by atoms with Crippen molar-refractivity contribution in [2.75, 3.05) is 5.32 Å². The number of rotatable bonds is 7. The Balaban J connectivity index is 1.42. The summed E-state index contributed by atoms with van der Waals surface area (Å²) in [6, 6.07) is 18.2. The van der Waals surface area contributed by atoms with Crippen molar-refractivity contribution >= 4 is 29.1 Å². The molecule has 4 aromatic rings. The first-order valence-corrected chi connectivity index (χ1v) is 11.2. The monoisotopic (exact) mass is 473 g/mol. The van der Waals surface area contributed by atoms with Crippen LogP contribution in [0.15, 0.2) is 73.1 Å². The van der Waals surface area contributed by atoms with Gasteiger partial charge in [-0.2, -0.15) is 5.10 Å². The Bertz CT molecular complexity index is 1330. The lowest BCUT2D eigenvalue weighted by Crippen LogP contribution is -2.24. The van der Waals surface area contributed by atoms with E-state index in [1.54, 1.807) is 35.3 Å². The third-order valence-corrected chi connectivity index (χ3v) is 5.84. The number of benzene rings is 2. The zero-order chi connectivity index (χ0) is 24.1. The number of hydrogen-bond donors (Lipinski definition) is 2. The summed E-state index contributed by atoms with van der Waals surface area (Å²) in [6.45, 7) is 4.49. The van der Waals surface area contributed by atoms with E-state index < -0.39 is 0 Å². The van der Waals surface area contributed by atoms with Gasteiger partial charge in [0.15, 0.2) is 0 Å². The summed E-state index contributed by atoms with van der Waals surface area (Å²) in [5.41, 5.74) is 4.94. The van der Waals surface area contributed by atoms with Gasteiger partial charge < -0.3 is 10.6 Å². The molecule has 0 aliphatic carbocycles. The minimum Gasteiger partial charge on any atom is -0.348 e. The van der Waals surface area contributed by atoms with Crippen LogP contribution in [0, 0.1) is 13.8 Å². The standard InChI is InChI=1S/C26H24ClN5O2/c1-17-24(18(2)32(31-17)16-21-7-3-4-9-23(21)27)26(34)29-15-19-6-5-8-22(14-19)30-25(33)20-10-12-28-13-11-20/h3-14H,15-16H2,1-2H3,(H,29,34)(H,30,33). The van der Waals surface area contributed by atoms with E-state index in [0.717, 1.165) is 16.8 Å².